The van der Waals surface area contributed by atoms with Crippen LogP contribution in [0.3, 0.4) is 0 Å². The lowest BCUT2D eigenvalue weighted by Gasteiger charge is -2.38. The summed E-state index contributed by atoms with van der Waals surface area (Å²) in [6.45, 7) is 8.58. The number of nitrogens with zero attached hydrogens (tertiary/aromatic N) is 3. The molecule has 2 aliphatic rings. The molecule has 0 saturated carbocycles. The molecule has 28 heavy (non-hydrogen) atoms. The molecule has 2 saturated heterocycles. The highest BCUT2D eigenvalue weighted by Crippen LogP contribution is 2.42. The van der Waals surface area contributed by atoms with Gasteiger partial charge in [0.1, 0.15) is 10.5 Å². The zero-order chi connectivity index (χ0) is 20.3. The fourth-order valence-corrected chi connectivity index (χ4v) is 5.40. The summed E-state index contributed by atoms with van der Waals surface area (Å²) in [4.78, 5) is 16.9. The molecular formula is C18H25ClN4O3S2. The van der Waals surface area contributed by atoms with E-state index in [9.17, 15) is 10.0 Å². The number of amides is 2. The summed E-state index contributed by atoms with van der Waals surface area (Å²) in [5.41, 5.74) is 0.555. The fraction of sp³-hybridized carbons (Fsp3) is 0.556. The Hall–Kier alpha value is -1.10. The number of carbonyl (C=O) groups is 1. The zero-order valence-electron chi connectivity index (χ0n) is 15.9. The van der Waals surface area contributed by atoms with Crippen LogP contribution in [0.25, 0.3) is 0 Å². The third kappa shape index (κ3) is 5.08. The molecule has 0 radical (unpaired) electrons. The van der Waals surface area contributed by atoms with Gasteiger partial charge in [-0.25, -0.2) is 4.79 Å². The van der Waals surface area contributed by atoms with Crippen molar-refractivity contribution in [2.75, 3.05) is 44.7 Å². The molecule has 0 unspecified atom stereocenters. The van der Waals surface area contributed by atoms with E-state index in [1.807, 2.05) is 18.7 Å². The molecule has 1 atom stereocenters. The van der Waals surface area contributed by atoms with Crippen LogP contribution in [0.2, 0.25) is 5.02 Å². The maximum atomic E-state index is 12.7. The van der Waals surface area contributed by atoms with Gasteiger partial charge in [0.2, 0.25) is 0 Å². The van der Waals surface area contributed by atoms with E-state index in [1.165, 1.54) is 11.8 Å². The van der Waals surface area contributed by atoms with Crippen LogP contribution >= 0.6 is 35.6 Å². The normalized spacial score (nSPS) is 22.4. The number of halogens is 1. The molecule has 1 aromatic carbocycles. The van der Waals surface area contributed by atoms with Crippen LogP contribution in [-0.4, -0.2) is 80.7 Å². The summed E-state index contributed by atoms with van der Waals surface area (Å²) in [5, 5.41) is 14.8. The van der Waals surface area contributed by atoms with Gasteiger partial charge in [0.25, 0.3) is 0 Å². The number of rotatable bonds is 5. The predicted octanol–water partition coefficient (Wildman–Crippen LogP) is 3.33. The van der Waals surface area contributed by atoms with E-state index in [-0.39, 0.29) is 0 Å². The Morgan fingerprint density at radius 3 is 2.64 bits per heavy atom. The monoisotopic (exact) mass is 444 g/mol. The lowest BCUT2D eigenvalue weighted by atomic mass is 10.1. The molecule has 2 aliphatic heterocycles. The summed E-state index contributed by atoms with van der Waals surface area (Å²) in [5.74, 6) is 0. The van der Waals surface area contributed by atoms with Crippen LogP contribution in [0, 0.1) is 0 Å². The molecule has 0 aliphatic carbocycles. The molecule has 0 bridgehead atoms. The Morgan fingerprint density at radius 2 is 2.00 bits per heavy atom. The van der Waals surface area contributed by atoms with Crippen molar-refractivity contribution >= 4 is 51.6 Å². The van der Waals surface area contributed by atoms with Gasteiger partial charge in [-0.05, 0) is 38.1 Å². The van der Waals surface area contributed by atoms with Crippen LogP contribution in [-0.2, 0) is 4.74 Å². The lowest BCUT2D eigenvalue weighted by molar-refractivity contribution is -0.115. The number of ether oxygens (including phenoxy) is 1. The number of hydrogen-bond donors (Lipinski definition) is 2. The molecule has 1 aromatic rings. The standard InChI is InChI=1S/C18H25ClN4O3S2/c1-18(2)15(23(25)16(24)20-14-5-3-13(19)4-6-14)22(17(27)28-18)8-7-21-9-11-26-12-10-21/h3-6,15,25H,7-12H2,1-2H3,(H,20,24)/t15-/m0/s1. The Kier molecular flexibility index (Phi) is 7.06. The number of urea groups is 1. The summed E-state index contributed by atoms with van der Waals surface area (Å²) >= 11 is 12.9. The van der Waals surface area contributed by atoms with Crippen molar-refractivity contribution in [2.24, 2.45) is 0 Å². The van der Waals surface area contributed by atoms with Crippen molar-refractivity contribution in [1.29, 1.82) is 0 Å². The summed E-state index contributed by atoms with van der Waals surface area (Å²) in [6.07, 6.45) is -0.571. The van der Waals surface area contributed by atoms with Crippen molar-refractivity contribution in [1.82, 2.24) is 14.9 Å². The topological polar surface area (TPSA) is 68.3 Å². The maximum Gasteiger partial charge on any atom is 0.347 e. The van der Waals surface area contributed by atoms with E-state index in [0.29, 0.717) is 21.6 Å². The smallest absolute Gasteiger partial charge is 0.347 e. The van der Waals surface area contributed by atoms with Gasteiger partial charge in [-0.15, -0.1) is 0 Å². The molecule has 2 fully saturated rings. The van der Waals surface area contributed by atoms with Crippen LogP contribution in [0.4, 0.5) is 10.5 Å². The van der Waals surface area contributed by atoms with Crippen LogP contribution < -0.4 is 5.32 Å². The van der Waals surface area contributed by atoms with Crippen LogP contribution in [0.15, 0.2) is 24.3 Å². The SMILES string of the molecule is CC1(C)SC(=S)N(CCN2CCOCC2)[C@H]1N(O)C(=O)Nc1ccc(Cl)cc1. The first kappa shape index (κ1) is 21.6. The van der Waals surface area contributed by atoms with E-state index in [2.05, 4.69) is 10.2 Å². The Morgan fingerprint density at radius 1 is 1.36 bits per heavy atom. The number of hydroxylamine groups is 2. The third-order valence-corrected chi connectivity index (χ3v) is 6.68. The van der Waals surface area contributed by atoms with Crippen molar-refractivity contribution in [3.63, 3.8) is 0 Å². The number of nitrogens with one attached hydrogen (secondary N) is 1. The lowest BCUT2D eigenvalue weighted by Crippen LogP contribution is -2.56. The molecule has 10 heteroatoms. The highest BCUT2D eigenvalue weighted by molar-refractivity contribution is 8.24. The summed E-state index contributed by atoms with van der Waals surface area (Å²) in [6, 6.07) is 6.12. The molecule has 154 valence electrons. The Labute approximate surface area is 179 Å². The number of morpholine rings is 1. The Balaban J connectivity index is 1.68. The maximum absolute atomic E-state index is 12.7. The fourth-order valence-electron chi connectivity index (χ4n) is 3.35. The molecule has 3 rings (SSSR count). The van der Waals surface area contributed by atoms with Crippen LogP contribution in [0.5, 0.6) is 0 Å². The van der Waals surface area contributed by atoms with Gasteiger partial charge in [-0.1, -0.05) is 35.6 Å². The summed E-state index contributed by atoms with van der Waals surface area (Å²) < 4.78 is 5.62. The molecule has 7 nitrogen and oxygen atoms in total. The number of thioether (sulfide) groups is 1. The van der Waals surface area contributed by atoms with Gasteiger partial charge >= 0.3 is 6.03 Å². The predicted molar refractivity (Wildman–Crippen MR) is 116 cm³/mol. The minimum Gasteiger partial charge on any atom is -0.379 e. The zero-order valence-corrected chi connectivity index (χ0v) is 18.3. The van der Waals surface area contributed by atoms with Crippen molar-refractivity contribution < 1.29 is 14.7 Å². The van der Waals surface area contributed by atoms with E-state index in [4.69, 9.17) is 28.6 Å². The van der Waals surface area contributed by atoms with Gasteiger partial charge < -0.3 is 15.0 Å². The molecular weight excluding hydrogens is 420 g/mol. The van der Waals surface area contributed by atoms with E-state index in [0.717, 1.165) is 37.9 Å². The van der Waals surface area contributed by atoms with Gasteiger partial charge in [-0.3, -0.25) is 10.1 Å². The second-order valence-electron chi connectivity index (χ2n) is 7.27. The number of carbonyl (C=O) groups excluding carboxylic acids is 1. The van der Waals surface area contributed by atoms with Crippen LogP contribution in [0.1, 0.15) is 13.8 Å². The number of thiocarbonyl (C=S) groups is 1. The largest absolute Gasteiger partial charge is 0.379 e. The molecule has 2 N–H and O–H groups in total. The van der Waals surface area contributed by atoms with Gasteiger partial charge in [0.15, 0.2) is 0 Å². The van der Waals surface area contributed by atoms with E-state index in [1.54, 1.807) is 24.3 Å². The average Bonchev–Trinajstić information content (AvgIpc) is 2.89. The number of hydrogen-bond acceptors (Lipinski definition) is 6. The van der Waals surface area contributed by atoms with Gasteiger partial charge in [0, 0.05) is 36.9 Å². The highest BCUT2D eigenvalue weighted by Gasteiger charge is 2.49. The first-order valence-electron chi connectivity index (χ1n) is 9.12. The molecule has 2 heterocycles. The van der Waals surface area contributed by atoms with Crippen molar-refractivity contribution in [2.45, 2.75) is 24.8 Å². The Bertz CT molecular complexity index is 713. The van der Waals surface area contributed by atoms with Gasteiger partial charge in [-0.2, -0.15) is 5.06 Å². The average molecular weight is 445 g/mol. The minimum absolute atomic E-state index is 0.450. The van der Waals surface area contributed by atoms with Gasteiger partial charge in [0.05, 0.1) is 18.0 Å². The van der Waals surface area contributed by atoms with Crippen molar-refractivity contribution in [3.8, 4) is 0 Å². The molecule has 0 aromatic heterocycles. The third-order valence-electron chi connectivity index (χ3n) is 4.80. The molecule has 2 amide bonds. The quantitative estimate of drug-likeness (QED) is 0.410. The first-order valence-corrected chi connectivity index (χ1v) is 10.7. The first-order chi connectivity index (χ1) is 13.3. The number of anilines is 1. The minimum atomic E-state index is -0.609. The second-order valence-corrected chi connectivity index (χ2v) is 10.00. The number of benzene rings is 1. The second kappa shape index (κ2) is 9.15. The molecule has 0 spiro atoms. The summed E-state index contributed by atoms with van der Waals surface area (Å²) in [7, 11) is 0. The van der Waals surface area contributed by atoms with Crippen molar-refractivity contribution in [3.05, 3.63) is 29.3 Å². The highest BCUT2D eigenvalue weighted by atomic mass is 35.5. The van der Waals surface area contributed by atoms with E-state index < -0.39 is 16.9 Å². The van der Waals surface area contributed by atoms with E-state index >= 15 is 0 Å².